The summed E-state index contributed by atoms with van der Waals surface area (Å²) in [5.74, 6) is 0.869. The average molecular weight is 360 g/mol. The Morgan fingerprint density at radius 3 is 2.08 bits per heavy atom. The van der Waals surface area contributed by atoms with E-state index < -0.39 is 5.41 Å². The van der Waals surface area contributed by atoms with Crippen LogP contribution in [0, 0.1) is 5.41 Å². The molecular formula is C19H22ClN3O2. The van der Waals surface area contributed by atoms with Crippen LogP contribution in [0.15, 0.2) is 53.6 Å². The highest BCUT2D eigenvalue weighted by Gasteiger charge is 2.27. The largest absolute Gasteiger partial charge is 0.497 e. The number of hydrogen-bond donors (Lipinski definition) is 2. The summed E-state index contributed by atoms with van der Waals surface area (Å²) in [6.45, 7) is 5.55. The molecule has 0 amide bonds. The second-order valence-electron chi connectivity index (χ2n) is 6.51. The number of carbonyl (C=O) groups is 1. The van der Waals surface area contributed by atoms with Crippen LogP contribution < -0.4 is 15.5 Å². The zero-order valence-electron chi connectivity index (χ0n) is 14.8. The third kappa shape index (κ3) is 5.50. The standard InChI is InChI=1S/C19H22ClN3O2/c1-19(2,3)17(24)18(21-14-7-5-13(20)6-8-14)23-22-15-9-11-16(25-4)12-10-15/h5-12,22H,1-4H3,(H,21,23). The number of ether oxygens (including phenoxy) is 1. The number of benzene rings is 2. The predicted octanol–water partition coefficient (Wildman–Crippen LogP) is 4.80. The summed E-state index contributed by atoms with van der Waals surface area (Å²) in [5.41, 5.74) is 3.82. The number of nitrogens with one attached hydrogen (secondary N) is 2. The van der Waals surface area contributed by atoms with Gasteiger partial charge in [-0.25, -0.2) is 0 Å². The van der Waals surface area contributed by atoms with E-state index in [4.69, 9.17) is 16.3 Å². The van der Waals surface area contributed by atoms with Crippen molar-refractivity contribution in [2.75, 3.05) is 17.9 Å². The maximum absolute atomic E-state index is 12.7. The molecular weight excluding hydrogens is 338 g/mol. The normalized spacial score (nSPS) is 11.8. The highest BCUT2D eigenvalue weighted by molar-refractivity contribution is 6.44. The molecule has 2 aromatic carbocycles. The van der Waals surface area contributed by atoms with Gasteiger partial charge in [-0.15, -0.1) is 0 Å². The van der Waals surface area contributed by atoms with Crippen LogP contribution in [0.4, 0.5) is 11.4 Å². The maximum atomic E-state index is 12.7. The molecule has 2 rings (SSSR count). The van der Waals surface area contributed by atoms with Gasteiger partial charge in [0.15, 0.2) is 5.84 Å². The molecule has 2 N–H and O–H groups in total. The summed E-state index contributed by atoms with van der Waals surface area (Å²) in [5, 5.41) is 7.95. The van der Waals surface area contributed by atoms with Gasteiger partial charge in [0.05, 0.1) is 12.8 Å². The van der Waals surface area contributed by atoms with E-state index >= 15 is 0 Å². The first-order chi connectivity index (χ1) is 11.8. The Balaban J connectivity index is 2.23. The van der Waals surface area contributed by atoms with Gasteiger partial charge in [-0.05, 0) is 48.5 Å². The average Bonchev–Trinajstić information content (AvgIpc) is 2.59. The fourth-order valence-corrected chi connectivity index (χ4v) is 2.07. The summed E-state index contributed by atoms with van der Waals surface area (Å²) in [4.78, 5) is 12.7. The minimum Gasteiger partial charge on any atom is -0.497 e. The van der Waals surface area contributed by atoms with E-state index in [0.29, 0.717) is 5.02 Å². The van der Waals surface area contributed by atoms with Gasteiger partial charge in [0.1, 0.15) is 5.75 Å². The maximum Gasteiger partial charge on any atom is 0.205 e. The minimum absolute atomic E-state index is 0.108. The number of halogens is 1. The SMILES string of the molecule is COc1ccc(N/N=C(/Nc2ccc(Cl)cc2)C(=O)C(C)(C)C)cc1. The number of carbonyl (C=O) groups excluding carboxylic acids is 1. The summed E-state index contributed by atoms with van der Waals surface area (Å²) in [6.07, 6.45) is 0. The molecule has 0 unspecified atom stereocenters. The molecule has 0 aromatic heterocycles. The topological polar surface area (TPSA) is 62.7 Å². The number of hydrazone groups is 1. The molecule has 0 atom stereocenters. The molecule has 5 nitrogen and oxygen atoms in total. The lowest BCUT2D eigenvalue weighted by Crippen LogP contribution is -2.34. The van der Waals surface area contributed by atoms with Crippen molar-refractivity contribution in [1.82, 2.24) is 0 Å². The number of ketones is 1. The Kier molecular flexibility index (Phi) is 6.04. The smallest absolute Gasteiger partial charge is 0.205 e. The Morgan fingerprint density at radius 1 is 1.00 bits per heavy atom. The summed E-state index contributed by atoms with van der Waals surface area (Å²) in [6, 6.07) is 14.4. The van der Waals surface area contributed by atoms with Crippen LogP contribution >= 0.6 is 11.6 Å². The fraction of sp³-hybridized carbons (Fsp3) is 0.263. The Morgan fingerprint density at radius 2 is 1.56 bits per heavy atom. The second-order valence-corrected chi connectivity index (χ2v) is 6.95. The summed E-state index contributed by atoms with van der Waals surface area (Å²) in [7, 11) is 1.61. The van der Waals surface area contributed by atoms with Crippen molar-refractivity contribution in [3.8, 4) is 5.75 Å². The molecule has 6 heteroatoms. The first-order valence-electron chi connectivity index (χ1n) is 7.85. The van der Waals surface area contributed by atoms with Gasteiger partial charge < -0.3 is 10.1 Å². The summed E-state index contributed by atoms with van der Waals surface area (Å²) >= 11 is 5.90. The minimum atomic E-state index is -0.570. The van der Waals surface area contributed by atoms with E-state index in [0.717, 1.165) is 17.1 Å². The van der Waals surface area contributed by atoms with E-state index in [1.54, 1.807) is 31.4 Å². The lowest BCUT2D eigenvalue weighted by molar-refractivity contribution is -0.119. The van der Waals surface area contributed by atoms with Crippen molar-refractivity contribution in [3.63, 3.8) is 0 Å². The third-order valence-electron chi connectivity index (χ3n) is 3.39. The molecule has 0 aliphatic carbocycles. The Labute approximate surface area is 153 Å². The molecule has 132 valence electrons. The third-order valence-corrected chi connectivity index (χ3v) is 3.64. The number of hydrogen-bond acceptors (Lipinski definition) is 4. The number of anilines is 2. The number of Topliss-reactive ketones (excluding diaryl/α,β-unsaturated/α-hetero) is 1. The zero-order valence-corrected chi connectivity index (χ0v) is 15.5. The van der Waals surface area contributed by atoms with Crippen LogP contribution in [0.2, 0.25) is 5.02 Å². The van der Waals surface area contributed by atoms with E-state index in [9.17, 15) is 4.79 Å². The predicted molar refractivity (Wildman–Crippen MR) is 104 cm³/mol. The quantitative estimate of drug-likeness (QED) is 0.457. The van der Waals surface area contributed by atoms with E-state index in [1.165, 1.54) is 0 Å². The van der Waals surface area contributed by atoms with Crippen LogP contribution in [-0.2, 0) is 4.79 Å². The van der Waals surface area contributed by atoms with Crippen molar-refractivity contribution >= 4 is 34.6 Å². The lowest BCUT2D eigenvalue weighted by atomic mass is 9.90. The number of amidine groups is 1. The van der Waals surface area contributed by atoms with Crippen molar-refractivity contribution in [1.29, 1.82) is 0 Å². The highest BCUT2D eigenvalue weighted by atomic mass is 35.5. The molecule has 0 spiro atoms. The first kappa shape index (κ1) is 18.8. The fourth-order valence-electron chi connectivity index (χ4n) is 1.95. The van der Waals surface area contributed by atoms with Crippen molar-refractivity contribution < 1.29 is 9.53 Å². The Hall–Kier alpha value is -2.53. The highest BCUT2D eigenvalue weighted by Crippen LogP contribution is 2.19. The number of methoxy groups -OCH3 is 1. The van der Waals surface area contributed by atoms with Crippen LogP contribution in [0.1, 0.15) is 20.8 Å². The monoisotopic (exact) mass is 359 g/mol. The van der Waals surface area contributed by atoms with Crippen molar-refractivity contribution in [2.24, 2.45) is 10.5 Å². The second kappa shape index (κ2) is 8.03. The van der Waals surface area contributed by atoms with Gasteiger partial charge in [-0.2, -0.15) is 5.10 Å². The van der Waals surface area contributed by atoms with Gasteiger partial charge in [-0.3, -0.25) is 10.2 Å². The van der Waals surface area contributed by atoms with Crippen LogP contribution in [-0.4, -0.2) is 18.7 Å². The Bertz CT molecular complexity index is 748. The molecule has 0 heterocycles. The van der Waals surface area contributed by atoms with Gasteiger partial charge in [0.2, 0.25) is 5.78 Å². The number of rotatable bonds is 5. The first-order valence-corrected chi connectivity index (χ1v) is 8.22. The van der Waals surface area contributed by atoms with E-state index in [1.807, 2.05) is 45.0 Å². The van der Waals surface area contributed by atoms with Crippen LogP contribution in [0.25, 0.3) is 0 Å². The van der Waals surface area contributed by atoms with E-state index in [2.05, 4.69) is 15.8 Å². The van der Waals surface area contributed by atoms with Gasteiger partial charge in [0, 0.05) is 16.1 Å². The molecule has 0 radical (unpaired) electrons. The molecule has 0 saturated heterocycles. The molecule has 25 heavy (non-hydrogen) atoms. The van der Waals surface area contributed by atoms with Crippen molar-refractivity contribution in [2.45, 2.75) is 20.8 Å². The molecule has 0 saturated carbocycles. The van der Waals surface area contributed by atoms with Crippen LogP contribution in [0.5, 0.6) is 5.75 Å². The molecule has 0 fully saturated rings. The molecule has 0 aliphatic heterocycles. The van der Waals surface area contributed by atoms with Crippen molar-refractivity contribution in [3.05, 3.63) is 53.6 Å². The molecule has 0 bridgehead atoms. The van der Waals surface area contributed by atoms with Gasteiger partial charge >= 0.3 is 0 Å². The molecule has 2 aromatic rings. The van der Waals surface area contributed by atoms with Gasteiger partial charge in [0.25, 0.3) is 0 Å². The van der Waals surface area contributed by atoms with Gasteiger partial charge in [-0.1, -0.05) is 32.4 Å². The number of nitrogens with zero attached hydrogens (tertiary/aromatic N) is 1. The molecule has 0 aliphatic rings. The van der Waals surface area contributed by atoms with E-state index in [-0.39, 0.29) is 11.6 Å². The zero-order chi connectivity index (χ0) is 18.4. The lowest BCUT2D eigenvalue weighted by Gasteiger charge is -2.19. The van der Waals surface area contributed by atoms with Crippen LogP contribution in [0.3, 0.4) is 0 Å². The summed E-state index contributed by atoms with van der Waals surface area (Å²) < 4.78 is 5.13.